The minimum atomic E-state index is 0.0857. The maximum Gasteiger partial charge on any atom is 0.0118 e. The Labute approximate surface area is 217 Å². The van der Waals surface area contributed by atoms with Crippen LogP contribution in [-0.2, 0) is 5.41 Å². The summed E-state index contributed by atoms with van der Waals surface area (Å²) in [5.74, 6) is 0.520. The molecule has 0 aromatic heterocycles. The van der Waals surface area contributed by atoms with Gasteiger partial charge in [0.1, 0.15) is 0 Å². The molecule has 0 fully saturated rings. The van der Waals surface area contributed by atoms with Gasteiger partial charge in [-0.05, 0) is 72.1 Å². The summed E-state index contributed by atoms with van der Waals surface area (Å²) in [7, 11) is 0. The van der Waals surface area contributed by atoms with Gasteiger partial charge in [-0.25, -0.2) is 0 Å². The molecular weight excluding hydrogens is 444 g/mol. The second-order valence-corrected chi connectivity index (χ2v) is 11.3. The van der Waals surface area contributed by atoms with E-state index in [0.717, 1.165) is 6.42 Å². The third-order valence-electron chi connectivity index (χ3n) is 9.05. The average Bonchev–Trinajstić information content (AvgIpc) is 3.18. The van der Waals surface area contributed by atoms with Crippen LogP contribution in [0.2, 0.25) is 0 Å². The van der Waals surface area contributed by atoms with Crippen molar-refractivity contribution in [1.29, 1.82) is 0 Å². The summed E-state index contributed by atoms with van der Waals surface area (Å²) in [6.07, 6.45) is 6.00. The maximum atomic E-state index is 2.47. The molecule has 0 saturated carbocycles. The molecule has 8 rings (SSSR count). The molecule has 0 heterocycles. The molecule has 0 nitrogen and oxygen atoms in total. The average molecular weight is 473 g/mol. The van der Waals surface area contributed by atoms with Gasteiger partial charge in [-0.15, -0.1) is 0 Å². The Balaban J connectivity index is 1.20. The second-order valence-electron chi connectivity index (χ2n) is 11.3. The molecule has 2 aliphatic rings. The molecule has 37 heavy (non-hydrogen) atoms. The summed E-state index contributed by atoms with van der Waals surface area (Å²) in [5.41, 5.74) is 9.89. The zero-order chi connectivity index (χ0) is 24.7. The van der Waals surface area contributed by atoms with E-state index < -0.39 is 0 Å². The van der Waals surface area contributed by atoms with Crippen LogP contribution >= 0.6 is 0 Å². The van der Waals surface area contributed by atoms with Crippen molar-refractivity contribution in [2.45, 2.75) is 31.6 Å². The number of rotatable bonds is 2. The molecule has 2 aliphatic carbocycles. The van der Waals surface area contributed by atoms with Crippen LogP contribution in [0.5, 0.6) is 0 Å². The van der Waals surface area contributed by atoms with E-state index in [1.807, 2.05) is 0 Å². The molecule has 0 N–H and O–H groups in total. The molecule has 6 aromatic rings. The fourth-order valence-corrected chi connectivity index (χ4v) is 7.17. The lowest BCUT2D eigenvalue weighted by Gasteiger charge is -2.27. The van der Waals surface area contributed by atoms with Gasteiger partial charge >= 0.3 is 0 Å². The van der Waals surface area contributed by atoms with Crippen molar-refractivity contribution in [2.24, 2.45) is 0 Å². The van der Waals surface area contributed by atoms with Crippen LogP contribution in [0, 0.1) is 0 Å². The van der Waals surface area contributed by atoms with Crippen molar-refractivity contribution >= 4 is 37.9 Å². The fraction of sp³-hybridized carbons (Fsp3) is 0.135. The molecule has 1 unspecified atom stereocenters. The van der Waals surface area contributed by atoms with Gasteiger partial charge in [0.25, 0.3) is 0 Å². The van der Waals surface area contributed by atoms with E-state index in [9.17, 15) is 0 Å². The lowest BCUT2D eigenvalue weighted by Crippen LogP contribution is -2.17. The number of hydrogen-bond acceptors (Lipinski definition) is 0. The minimum absolute atomic E-state index is 0.0857. The quantitative estimate of drug-likeness (QED) is 0.220. The van der Waals surface area contributed by atoms with E-state index in [1.54, 1.807) is 5.57 Å². The third kappa shape index (κ3) is 2.90. The van der Waals surface area contributed by atoms with Crippen LogP contribution in [0.25, 0.3) is 49.0 Å². The molecule has 6 aromatic carbocycles. The van der Waals surface area contributed by atoms with Gasteiger partial charge < -0.3 is 0 Å². The Morgan fingerprint density at radius 3 is 2.11 bits per heavy atom. The van der Waals surface area contributed by atoms with Crippen molar-refractivity contribution in [1.82, 2.24) is 0 Å². The van der Waals surface area contributed by atoms with E-state index in [4.69, 9.17) is 0 Å². The van der Waals surface area contributed by atoms with Crippen molar-refractivity contribution in [3.8, 4) is 11.1 Å². The van der Waals surface area contributed by atoms with Gasteiger partial charge in [0.2, 0.25) is 0 Å². The molecule has 176 valence electrons. The van der Waals surface area contributed by atoms with Gasteiger partial charge in [0.05, 0.1) is 0 Å². The highest BCUT2D eigenvalue weighted by Crippen LogP contribution is 2.54. The summed E-state index contributed by atoms with van der Waals surface area (Å²) in [4.78, 5) is 0. The van der Waals surface area contributed by atoms with Crippen LogP contribution in [0.1, 0.15) is 42.9 Å². The Hall–Kier alpha value is -4.16. The number of allylic oxidation sites excluding steroid dienone is 4. The molecular formula is C37H28. The summed E-state index contributed by atoms with van der Waals surface area (Å²) in [6.45, 7) is 4.77. The second kappa shape index (κ2) is 7.43. The zero-order valence-corrected chi connectivity index (χ0v) is 21.3. The summed E-state index contributed by atoms with van der Waals surface area (Å²) < 4.78 is 0. The van der Waals surface area contributed by atoms with Crippen LogP contribution in [0.3, 0.4) is 0 Å². The van der Waals surface area contributed by atoms with Crippen LogP contribution < -0.4 is 0 Å². The molecule has 0 heteroatoms. The normalized spacial score (nSPS) is 18.2. The Morgan fingerprint density at radius 1 is 0.622 bits per heavy atom. The van der Waals surface area contributed by atoms with Crippen molar-refractivity contribution < 1.29 is 0 Å². The highest BCUT2D eigenvalue weighted by molar-refractivity contribution is 6.25. The first-order valence-electron chi connectivity index (χ1n) is 13.4. The van der Waals surface area contributed by atoms with E-state index in [2.05, 4.69) is 129 Å². The number of benzene rings is 6. The van der Waals surface area contributed by atoms with E-state index >= 15 is 0 Å². The third-order valence-corrected chi connectivity index (χ3v) is 9.05. The Bertz CT molecular complexity index is 1890. The summed E-state index contributed by atoms with van der Waals surface area (Å²) in [6, 6.07) is 38.5. The SMILES string of the molecule is CC1(C)C2=CC(c3ccc(-c4ccc5ccc6cccc7ccc4c5c67)cc3)=CCC2c2ccccc21. The Morgan fingerprint density at radius 2 is 1.30 bits per heavy atom. The lowest BCUT2D eigenvalue weighted by atomic mass is 9.77. The van der Waals surface area contributed by atoms with Crippen LogP contribution in [-0.4, -0.2) is 0 Å². The van der Waals surface area contributed by atoms with Gasteiger partial charge in [0.15, 0.2) is 0 Å². The van der Waals surface area contributed by atoms with Gasteiger partial charge in [0, 0.05) is 11.3 Å². The van der Waals surface area contributed by atoms with Gasteiger partial charge in [-0.2, -0.15) is 0 Å². The smallest absolute Gasteiger partial charge is 0.0118 e. The molecule has 0 aliphatic heterocycles. The van der Waals surface area contributed by atoms with E-state index in [0.29, 0.717) is 5.92 Å². The van der Waals surface area contributed by atoms with Crippen LogP contribution in [0.4, 0.5) is 0 Å². The first kappa shape index (κ1) is 21.0. The van der Waals surface area contributed by atoms with Crippen molar-refractivity contribution in [2.75, 3.05) is 0 Å². The highest BCUT2D eigenvalue weighted by Gasteiger charge is 2.41. The van der Waals surface area contributed by atoms with Gasteiger partial charge in [-0.3, -0.25) is 0 Å². The molecule has 0 bridgehead atoms. The first-order chi connectivity index (χ1) is 18.1. The van der Waals surface area contributed by atoms with Gasteiger partial charge in [-0.1, -0.05) is 135 Å². The predicted octanol–water partition coefficient (Wildman–Crippen LogP) is 10.0. The molecule has 1 atom stereocenters. The fourth-order valence-electron chi connectivity index (χ4n) is 7.17. The van der Waals surface area contributed by atoms with Crippen molar-refractivity contribution in [3.63, 3.8) is 0 Å². The summed E-state index contributed by atoms with van der Waals surface area (Å²) >= 11 is 0. The molecule has 0 amide bonds. The predicted molar refractivity (Wildman–Crippen MR) is 158 cm³/mol. The standard InChI is InChI=1S/C37H28/c1-37(2)33-9-4-3-8-30(33)31-20-18-28(22-34(31)37)23-10-12-24(13-11-23)29-19-16-27-15-14-25-6-5-7-26-17-21-32(29)36(27)35(25)26/h3-19,21-22,31H,20H2,1-2H3. The largest absolute Gasteiger partial charge is 0.0757 e. The monoisotopic (exact) mass is 472 g/mol. The van der Waals surface area contributed by atoms with Crippen molar-refractivity contribution in [3.05, 3.63) is 138 Å². The van der Waals surface area contributed by atoms with E-state index in [-0.39, 0.29) is 5.41 Å². The number of fused-ring (bicyclic) bond motifs is 3. The highest BCUT2D eigenvalue weighted by atomic mass is 14.4. The topological polar surface area (TPSA) is 0 Å². The minimum Gasteiger partial charge on any atom is -0.0757 e. The molecule has 0 spiro atoms. The first-order valence-corrected chi connectivity index (χ1v) is 13.4. The zero-order valence-electron chi connectivity index (χ0n) is 21.3. The maximum absolute atomic E-state index is 2.47. The lowest BCUT2D eigenvalue weighted by molar-refractivity contribution is 0.613. The van der Waals surface area contributed by atoms with E-state index in [1.165, 1.54) is 65.7 Å². The number of hydrogen-bond donors (Lipinski definition) is 0. The molecule has 0 radical (unpaired) electrons. The van der Waals surface area contributed by atoms with Crippen LogP contribution in [0.15, 0.2) is 121 Å². The molecule has 0 saturated heterocycles. The summed E-state index contributed by atoms with van der Waals surface area (Å²) in [5, 5.41) is 8.04. The Kier molecular flexibility index (Phi) is 4.21.